The molecule has 0 bridgehead atoms. The zero-order chi connectivity index (χ0) is 12.5. The fraction of sp³-hybridized carbons (Fsp3) is 0. The van der Waals surface area contributed by atoms with Gasteiger partial charge in [0.05, 0.1) is 5.02 Å². The summed E-state index contributed by atoms with van der Waals surface area (Å²) in [5, 5.41) is 1.34. The third-order valence-corrected chi connectivity index (χ3v) is 3.10. The Kier molecular flexibility index (Phi) is 2.65. The van der Waals surface area contributed by atoms with Crippen molar-refractivity contribution in [1.82, 2.24) is 0 Å². The van der Waals surface area contributed by atoms with Crippen molar-refractivity contribution in [3.8, 4) is 0 Å². The van der Waals surface area contributed by atoms with E-state index in [4.69, 9.17) is 16.0 Å². The molecule has 0 saturated heterocycles. The maximum Gasteiger partial charge on any atom is 0.229 e. The number of hydrogen-bond acceptors (Lipinski definition) is 2. The summed E-state index contributed by atoms with van der Waals surface area (Å²) in [4.78, 5) is 12.3. The van der Waals surface area contributed by atoms with Crippen molar-refractivity contribution >= 4 is 28.4 Å². The molecular formula is C15H9ClO2. The van der Waals surface area contributed by atoms with Gasteiger partial charge in [-0.05, 0) is 24.3 Å². The van der Waals surface area contributed by atoms with E-state index in [0.29, 0.717) is 21.9 Å². The van der Waals surface area contributed by atoms with Crippen molar-refractivity contribution in [2.24, 2.45) is 0 Å². The lowest BCUT2D eigenvalue weighted by Crippen LogP contribution is -1.99. The standard InChI is InChI=1S/C15H9ClO2/c16-12-7-3-2-6-11(12)15(17)14-9-10-5-1-4-8-13(10)18-14/h1-9H. The second-order valence-corrected chi connectivity index (χ2v) is 4.36. The van der Waals surface area contributed by atoms with Gasteiger partial charge in [-0.15, -0.1) is 0 Å². The van der Waals surface area contributed by atoms with E-state index in [1.165, 1.54) is 0 Å². The van der Waals surface area contributed by atoms with E-state index in [9.17, 15) is 4.79 Å². The third-order valence-electron chi connectivity index (χ3n) is 2.77. The first-order valence-corrected chi connectivity index (χ1v) is 5.91. The third kappa shape index (κ3) is 1.81. The molecule has 18 heavy (non-hydrogen) atoms. The Morgan fingerprint density at radius 3 is 2.50 bits per heavy atom. The van der Waals surface area contributed by atoms with Gasteiger partial charge in [0.2, 0.25) is 5.78 Å². The molecule has 2 nitrogen and oxygen atoms in total. The Morgan fingerprint density at radius 1 is 1.00 bits per heavy atom. The maximum atomic E-state index is 12.3. The topological polar surface area (TPSA) is 30.2 Å². The molecule has 0 N–H and O–H groups in total. The highest BCUT2D eigenvalue weighted by Gasteiger charge is 2.16. The molecular weight excluding hydrogens is 248 g/mol. The van der Waals surface area contributed by atoms with Crippen molar-refractivity contribution in [2.45, 2.75) is 0 Å². The van der Waals surface area contributed by atoms with Crippen molar-refractivity contribution in [1.29, 1.82) is 0 Å². The van der Waals surface area contributed by atoms with Crippen molar-refractivity contribution in [3.63, 3.8) is 0 Å². The average Bonchev–Trinajstić information content (AvgIpc) is 2.82. The van der Waals surface area contributed by atoms with E-state index in [2.05, 4.69) is 0 Å². The number of benzene rings is 2. The first-order chi connectivity index (χ1) is 8.75. The molecule has 0 aliphatic heterocycles. The number of fused-ring (bicyclic) bond motifs is 1. The van der Waals surface area contributed by atoms with Gasteiger partial charge in [-0.3, -0.25) is 4.79 Å². The number of carbonyl (C=O) groups is 1. The highest BCUT2D eigenvalue weighted by molar-refractivity contribution is 6.34. The summed E-state index contributed by atoms with van der Waals surface area (Å²) in [7, 11) is 0. The summed E-state index contributed by atoms with van der Waals surface area (Å²) in [5.41, 5.74) is 1.16. The number of halogens is 1. The van der Waals surface area contributed by atoms with E-state index in [0.717, 1.165) is 5.39 Å². The predicted octanol–water partition coefficient (Wildman–Crippen LogP) is 4.32. The first kappa shape index (κ1) is 11.1. The summed E-state index contributed by atoms with van der Waals surface area (Å²) < 4.78 is 5.53. The Hall–Kier alpha value is -2.06. The summed E-state index contributed by atoms with van der Waals surface area (Å²) in [6.45, 7) is 0. The van der Waals surface area contributed by atoms with Crippen molar-refractivity contribution in [3.05, 3.63) is 70.9 Å². The van der Waals surface area contributed by atoms with Crippen molar-refractivity contribution < 1.29 is 9.21 Å². The van der Waals surface area contributed by atoms with Crippen LogP contribution < -0.4 is 0 Å². The lowest BCUT2D eigenvalue weighted by atomic mass is 10.1. The molecule has 0 atom stereocenters. The van der Waals surface area contributed by atoms with Gasteiger partial charge in [-0.25, -0.2) is 0 Å². The van der Waals surface area contributed by atoms with Gasteiger partial charge in [0.1, 0.15) is 5.58 Å². The monoisotopic (exact) mass is 256 g/mol. The summed E-state index contributed by atoms with van der Waals surface area (Å²) in [6.07, 6.45) is 0. The fourth-order valence-corrected chi connectivity index (χ4v) is 2.09. The van der Waals surface area contributed by atoms with Crippen LogP contribution in [0.4, 0.5) is 0 Å². The van der Waals surface area contributed by atoms with Crippen LogP contribution in [0.25, 0.3) is 11.0 Å². The van der Waals surface area contributed by atoms with E-state index in [1.54, 1.807) is 30.3 Å². The largest absolute Gasteiger partial charge is 0.453 e. The molecule has 0 radical (unpaired) electrons. The minimum Gasteiger partial charge on any atom is -0.453 e. The van der Waals surface area contributed by atoms with Crippen LogP contribution in [0.15, 0.2) is 59.0 Å². The number of furan rings is 1. The zero-order valence-electron chi connectivity index (χ0n) is 9.39. The highest BCUT2D eigenvalue weighted by Crippen LogP contribution is 2.24. The Balaban J connectivity index is 2.10. The number of hydrogen-bond donors (Lipinski definition) is 0. The van der Waals surface area contributed by atoms with Crippen LogP contribution in [-0.2, 0) is 0 Å². The SMILES string of the molecule is O=C(c1cc2ccccc2o1)c1ccccc1Cl. The fourth-order valence-electron chi connectivity index (χ4n) is 1.87. The van der Waals surface area contributed by atoms with Crippen LogP contribution in [0, 0.1) is 0 Å². The molecule has 0 fully saturated rings. The van der Waals surface area contributed by atoms with Crippen LogP contribution in [0.2, 0.25) is 5.02 Å². The number of ketones is 1. The van der Waals surface area contributed by atoms with E-state index in [1.807, 2.05) is 24.3 Å². The van der Waals surface area contributed by atoms with E-state index in [-0.39, 0.29) is 5.78 Å². The lowest BCUT2D eigenvalue weighted by Gasteiger charge is -1.99. The Labute approximate surface area is 109 Å². The number of para-hydroxylation sites is 1. The summed E-state index contributed by atoms with van der Waals surface area (Å²) in [6, 6.07) is 16.2. The molecule has 0 amide bonds. The second kappa shape index (κ2) is 4.31. The smallest absolute Gasteiger partial charge is 0.229 e. The minimum absolute atomic E-state index is 0.197. The molecule has 88 valence electrons. The van der Waals surface area contributed by atoms with Gasteiger partial charge < -0.3 is 4.42 Å². The lowest BCUT2D eigenvalue weighted by molar-refractivity contribution is 0.101. The number of rotatable bonds is 2. The molecule has 0 saturated carbocycles. The predicted molar refractivity (Wildman–Crippen MR) is 71.1 cm³/mol. The second-order valence-electron chi connectivity index (χ2n) is 3.96. The molecule has 1 aromatic heterocycles. The Bertz CT molecular complexity index is 695. The Morgan fingerprint density at radius 2 is 1.72 bits per heavy atom. The molecule has 3 aromatic rings. The van der Waals surface area contributed by atoms with Gasteiger partial charge in [0.25, 0.3) is 0 Å². The quantitative estimate of drug-likeness (QED) is 0.639. The van der Waals surface area contributed by atoms with Gasteiger partial charge in [-0.1, -0.05) is 41.9 Å². The van der Waals surface area contributed by atoms with E-state index < -0.39 is 0 Å². The number of carbonyl (C=O) groups excluding carboxylic acids is 1. The molecule has 3 rings (SSSR count). The van der Waals surface area contributed by atoms with Crippen LogP contribution in [-0.4, -0.2) is 5.78 Å². The molecule has 2 aromatic carbocycles. The van der Waals surface area contributed by atoms with Gasteiger partial charge in [0.15, 0.2) is 5.76 Å². The van der Waals surface area contributed by atoms with Gasteiger partial charge >= 0.3 is 0 Å². The first-order valence-electron chi connectivity index (χ1n) is 5.53. The molecule has 3 heteroatoms. The summed E-state index contributed by atoms with van der Waals surface area (Å²) >= 11 is 6.01. The average molecular weight is 257 g/mol. The minimum atomic E-state index is -0.197. The van der Waals surface area contributed by atoms with Gasteiger partial charge in [0, 0.05) is 10.9 Å². The van der Waals surface area contributed by atoms with Crippen LogP contribution in [0.5, 0.6) is 0 Å². The van der Waals surface area contributed by atoms with Crippen LogP contribution in [0.1, 0.15) is 16.1 Å². The molecule has 0 aliphatic carbocycles. The van der Waals surface area contributed by atoms with Crippen LogP contribution in [0.3, 0.4) is 0 Å². The highest BCUT2D eigenvalue weighted by atomic mass is 35.5. The molecule has 0 unspecified atom stereocenters. The van der Waals surface area contributed by atoms with E-state index >= 15 is 0 Å². The molecule has 0 aliphatic rings. The zero-order valence-corrected chi connectivity index (χ0v) is 10.1. The van der Waals surface area contributed by atoms with Gasteiger partial charge in [-0.2, -0.15) is 0 Å². The molecule has 1 heterocycles. The maximum absolute atomic E-state index is 12.3. The molecule has 0 spiro atoms. The normalized spacial score (nSPS) is 10.7. The van der Waals surface area contributed by atoms with Crippen molar-refractivity contribution in [2.75, 3.05) is 0 Å². The van der Waals surface area contributed by atoms with Crippen LogP contribution >= 0.6 is 11.6 Å². The summed E-state index contributed by atoms with van der Waals surface area (Å²) in [5.74, 6) is 0.112.